The summed E-state index contributed by atoms with van der Waals surface area (Å²) in [6.07, 6.45) is 5.43. The van der Waals surface area contributed by atoms with Crippen LogP contribution in [0.2, 0.25) is 0 Å². The molecule has 2 heterocycles. The predicted molar refractivity (Wildman–Crippen MR) is 146 cm³/mol. The van der Waals surface area contributed by atoms with Crippen LogP contribution < -0.4 is 0 Å². The van der Waals surface area contributed by atoms with Gasteiger partial charge in [0, 0.05) is 24.9 Å². The normalized spacial score (nSPS) is 16.6. The molecule has 7 heteroatoms. The van der Waals surface area contributed by atoms with Gasteiger partial charge in [-0.2, -0.15) is 0 Å². The van der Waals surface area contributed by atoms with E-state index in [9.17, 15) is 14.7 Å². The van der Waals surface area contributed by atoms with Gasteiger partial charge in [-0.3, -0.25) is 4.79 Å². The number of aliphatic hydroxyl groups is 1. The summed E-state index contributed by atoms with van der Waals surface area (Å²) in [5.74, 6) is -0.844. The first-order chi connectivity index (χ1) is 18.0. The molecule has 3 aromatic carbocycles. The Balaban J connectivity index is 1.20. The van der Waals surface area contributed by atoms with Gasteiger partial charge in [0.15, 0.2) is 0 Å². The lowest BCUT2D eigenvalue weighted by Crippen LogP contribution is -2.33. The number of hydrogen-bond donors (Lipinski definition) is 2. The standard InChI is InChI=1S/C30H28N2O4S/c33-25(19-21-4-3-5-23(18-21)29-31-26-6-1-2-7-27(26)37-29)14-12-24-13-15-28(34)32(24)17-16-20-8-10-22(11-9-20)30(35)36/h1-12,14,18,24-25,33H,13,15-17,19H2,(H,35,36)/b14-12+/t24-,25+/m0/s1. The molecule has 0 saturated carbocycles. The van der Waals surface area contributed by atoms with E-state index in [0.717, 1.165) is 38.3 Å². The van der Waals surface area contributed by atoms with Gasteiger partial charge in [-0.15, -0.1) is 11.3 Å². The molecule has 6 nitrogen and oxygen atoms in total. The van der Waals surface area contributed by atoms with Crippen molar-refractivity contribution in [2.45, 2.75) is 37.8 Å². The van der Waals surface area contributed by atoms with Gasteiger partial charge in [0.2, 0.25) is 5.91 Å². The van der Waals surface area contributed by atoms with Gasteiger partial charge in [-0.05, 0) is 54.3 Å². The highest BCUT2D eigenvalue weighted by Gasteiger charge is 2.28. The fraction of sp³-hybridized carbons (Fsp3) is 0.233. The van der Waals surface area contributed by atoms with Gasteiger partial charge >= 0.3 is 5.97 Å². The Morgan fingerprint density at radius 1 is 1.08 bits per heavy atom. The average molecular weight is 513 g/mol. The third-order valence-corrected chi connectivity index (χ3v) is 7.77. The molecule has 0 aliphatic carbocycles. The second kappa shape index (κ2) is 11.1. The van der Waals surface area contributed by atoms with Crippen molar-refractivity contribution in [3.63, 3.8) is 0 Å². The highest BCUT2D eigenvalue weighted by atomic mass is 32.1. The van der Waals surface area contributed by atoms with Gasteiger partial charge < -0.3 is 15.1 Å². The van der Waals surface area contributed by atoms with Gasteiger partial charge in [-0.1, -0.05) is 54.6 Å². The van der Waals surface area contributed by atoms with Gasteiger partial charge in [0.05, 0.1) is 27.9 Å². The van der Waals surface area contributed by atoms with Gasteiger partial charge in [0.25, 0.3) is 0 Å². The number of benzene rings is 3. The zero-order valence-electron chi connectivity index (χ0n) is 20.3. The Kier molecular flexibility index (Phi) is 7.44. The number of fused-ring (bicyclic) bond motifs is 1. The monoisotopic (exact) mass is 512 g/mol. The lowest BCUT2D eigenvalue weighted by Gasteiger charge is -2.23. The number of para-hydroxylation sites is 1. The Morgan fingerprint density at radius 3 is 2.68 bits per heavy atom. The molecule has 0 bridgehead atoms. The molecule has 1 saturated heterocycles. The number of carbonyl (C=O) groups excluding carboxylic acids is 1. The van der Waals surface area contributed by atoms with E-state index < -0.39 is 12.1 Å². The van der Waals surface area contributed by atoms with Crippen molar-refractivity contribution in [3.8, 4) is 10.6 Å². The van der Waals surface area contributed by atoms with Gasteiger partial charge in [-0.25, -0.2) is 9.78 Å². The van der Waals surface area contributed by atoms with Crippen LogP contribution >= 0.6 is 11.3 Å². The van der Waals surface area contributed by atoms with Crippen molar-refractivity contribution in [2.24, 2.45) is 0 Å². The van der Waals surface area contributed by atoms with Crippen molar-refractivity contribution in [3.05, 3.63) is 102 Å². The van der Waals surface area contributed by atoms with E-state index in [-0.39, 0.29) is 17.5 Å². The number of aromatic nitrogens is 1. The number of likely N-dealkylation sites (tertiary alicyclic amines) is 1. The van der Waals surface area contributed by atoms with E-state index in [1.807, 2.05) is 47.4 Å². The number of aromatic carboxylic acids is 1. The fourth-order valence-corrected chi connectivity index (χ4v) is 5.66. The lowest BCUT2D eigenvalue weighted by atomic mass is 10.0. The molecule has 1 aromatic heterocycles. The molecule has 1 aliphatic heterocycles. The van der Waals surface area contributed by atoms with E-state index in [1.165, 1.54) is 0 Å². The van der Waals surface area contributed by atoms with Crippen molar-refractivity contribution < 1.29 is 19.8 Å². The zero-order chi connectivity index (χ0) is 25.8. The number of carboxylic acids is 1. The first kappa shape index (κ1) is 24.9. The van der Waals surface area contributed by atoms with Crippen molar-refractivity contribution in [1.29, 1.82) is 0 Å². The van der Waals surface area contributed by atoms with E-state index in [1.54, 1.807) is 41.7 Å². The van der Waals surface area contributed by atoms with E-state index in [0.29, 0.717) is 25.8 Å². The van der Waals surface area contributed by atoms with Crippen LogP contribution in [0.4, 0.5) is 0 Å². The molecule has 5 rings (SSSR count). The Labute approximate surface area is 219 Å². The topological polar surface area (TPSA) is 90.7 Å². The molecule has 1 aliphatic rings. The quantitative estimate of drug-likeness (QED) is 0.295. The Morgan fingerprint density at radius 2 is 1.89 bits per heavy atom. The smallest absolute Gasteiger partial charge is 0.335 e. The molecule has 1 amide bonds. The number of amides is 1. The number of carbonyl (C=O) groups is 2. The summed E-state index contributed by atoms with van der Waals surface area (Å²) < 4.78 is 1.15. The third kappa shape index (κ3) is 5.96. The SMILES string of the molecule is O=C(O)c1ccc(CCN2C(=O)CC[C@@H]2/C=C/[C@@H](O)Cc2cccc(-c3nc4ccccc4s3)c2)cc1. The second-order valence-corrected chi connectivity index (χ2v) is 10.3. The van der Waals surface area contributed by atoms with Crippen molar-refractivity contribution in [1.82, 2.24) is 9.88 Å². The van der Waals surface area contributed by atoms with Crippen LogP contribution in [0.5, 0.6) is 0 Å². The minimum Gasteiger partial charge on any atom is -0.478 e. The minimum atomic E-state index is -0.950. The van der Waals surface area contributed by atoms with Crippen LogP contribution in [0.25, 0.3) is 20.8 Å². The van der Waals surface area contributed by atoms with Crippen LogP contribution in [0.15, 0.2) is 84.9 Å². The lowest BCUT2D eigenvalue weighted by molar-refractivity contribution is -0.128. The largest absolute Gasteiger partial charge is 0.478 e. The van der Waals surface area contributed by atoms with Crippen LogP contribution in [0.3, 0.4) is 0 Å². The fourth-order valence-electron chi connectivity index (χ4n) is 4.70. The molecule has 2 N–H and O–H groups in total. The molecule has 4 aromatic rings. The number of aliphatic hydroxyl groups excluding tert-OH is 1. The molecule has 1 fully saturated rings. The number of hydrogen-bond acceptors (Lipinski definition) is 5. The molecular weight excluding hydrogens is 484 g/mol. The van der Waals surface area contributed by atoms with Gasteiger partial charge in [0.1, 0.15) is 5.01 Å². The summed E-state index contributed by atoms with van der Waals surface area (Å²) >= 11 is 1.66. The Bertz CT molecular complexity index is 1410. The summed E-state index contributed by atoms with van der Waals surface area (Å²) in [5, 5.41) is 20.7. The number of carboxylic acid groups (broad SMARTS) is 1. The number of nitrogens with zero attached hydrogens (tertiary/aromatic N) is 2. The van der Waals surface area contributed by atoms with Crippen LogP contribution in [-0.2, 0) is 17.6 Å². The summed E-state index contributed by atoms with van der Waals surface area (Å²) in [4.78, 5) is 30.1. The number of thiazole rings is 1. The molecule has 2 atom stereocenters. The minimum absolute atomic E-state index is 0.0467. The van der Waals surface area contributed by atoms with Crippen LogP contribution in [-0.4, -0.2) is 50.7 Å². The van der Waals surface area contributed by atoms with E-state index >= 15 is 0 Å². The molecule has 0 unspecified atom stereocenters. The summed E-state index contributed by atoms with van der Waals surface area (Å²) in [6, 6.07) is 22.9. The third-order valence-electron chi connectivity index (χ3n) is 6.68. The molecule has 37 heavy (non-hydrogen) atoms. The molecule has 0 radical (unpaired) electrons. The maximum atomic E-state index is 12.5. The molecule has 0 spiro atoms. The summed E-state index contributed by atoms with van der Waals surface area (Å²) in [5.41, 5.74) is 4.29. The first-order valence-corrected chi connectivity index (χ1v) is 13.2. The summed E-state index contributed by atoms with van der Waals surface area (Å²) in [6.45, 7) is 0.556. The zero-order valence-corrected chi connectivity index (χ0v) is 21.1. The predicted octanol–water partition coefficient (Wildman–Crippen LogP) is 5.35. The van der Waals surface area contributed by atoms with Crippen molar-refractivity contribution >= 4 is 33.4 Å². The molecule has 188 valence electrons. The van der Waals surface area contributed by atoms with Crippen molar-refractivity contribution in [2.75, 3.05) is 6.54 Å². The van der Waals surface area contributed by atoms with E-state index in [4.69, 9.17) is 10.1 Å². The van der Waals surface area contributed by atoms with E-state index in [2.05, 4.69) is 12.1 Å². The number of rotatable bonds is 9. The average Bonchev–Trinajstić information content (AvgIpc) is 3.50. The second-order valence-electron chi connectivity index (χ2n) is 9.29. The van der Waals surface area contributed by atoms with Crippen LogP contribution in [0.1, 0.15) is 34.3 Å². The van der Waals surface area contributed by atoms with Crippen LogP contribution in [0, 0.1) is 0 Å². The highest BCUT2D eigenvalue weighted by Crippen LogP contribution is 2.30. The highest BCUT2D eigenvalue weighted by molar-refractivity contribution is 7.21. The maximum Gasteiger partial charge on any atom is 0.335 e. The summed E-state index contributed by atoms with van der Waals surface area (Å²) in [7, 11) is 0. The maximum absolute atomic E-state index is 12.5. The molecular formula is C30H28N2O4S. The Hall–Kier alpha value is -3.81. The first-order valence-electron chi connectivity index (χ1n) is 12.4.